The van der Waals surface area contributed by atoms with E-state index in [2.05, 4.69) is 10.2 Å². The van der Waals surface area contributed by atoms with Gasteiger partial charge in [0, 0.05) is 18.2 Å². The van der Waals surface area contributed by atoms with Crippen molar-refractivity contribution in [1.82, 2.24) is 24.1 Å². The SMILES string of the molecule is CC.CC(C)O.COc1ccc(F)cc1CCn1c(=O)n(CC(=O)O)c(=O)c2c(C)c(-n3nccn3)sc21. The molecule has 0 amide bonds. The van der Waals surface area contributed by atoms with Gasteiger partial charge in [0.25, 0.3) is 5.56 Å². The Morgan fingerprint density at radius 3 is 2.32 bits per heavy atom. The number of benzene rings is 1. The summed E-state index contributed by atoms with van der Waals surface area (Å²) in [6.07, 6.45) is 3.01. The summed E-state index contributed by atoms with van der Waals surface area (Å²) < 4.78 is 21.1. The lowest BCUT2D eigenvalue weighted by atomic mass is 10.1. The van der Waals surface area contributed by atoms with E-state index in [0.29, 0.717) is 31.3 Å². The van der Waals surface area contributed by atoms with Gasteiger partial charge >= 0.3 is 11.7 Å². The van der Waals surface area contributed by atoms with Gasteiger partial charge in [-0.25, -0.2) is 13.8 Å². The highest BCUT2D eigenvalue weighted by molar-refractivity contribution is 7.21. The number of aromatic nitrogens is 5. The zero-order valence-electron chi connectivity index (χ0n) is 22.1. The average Bonchev–Trinajstić information content (AvgIpc) is 3.51. The molecule has 0 aliphatic heterocycles. The maximum atomic E-state index is 13.8. The zero-order valence-corrected chi connectivity index (χ0v) is 23.0. The number of aliphatic carboxylic acids is 1. The molecule has 3 heterocycles. The molecule has 0 bridgehead atoms. The van der Waals surface area contributed by atoms with Crippen LogP contribution in [0.4, 0.5) is 4.39 Å². The van der Waals surface area contributed by atoms with Crippen molar-refractivity contribution >= 4 is 27.5 Å². The third-order valence-corrected chi connectivity index (χ3v) is 6.29. The molecule has 38 heavy (non-hydrogen) atoms. The second kappa shape index (κ2) is 13.6. The van der Waals surface area contributed by atoms with E-state index >= 15 is 0 Å². The van der Waals surface area contributed by atoms with Gasteiger partial charge in [0.05, 0.1) is 24.9 Å². The van der Waals surface area contributed by atoms with Crippen molar-refractivity contribution in [1.29, 1.82) is 0 Å². The van der Waals surface area contributed by atoms with E-state index in [1.54, 1.807) is 20.8 Å². The highest BCUT2D eigenvalue weighted by atomic mass is 32.1. The van der Waals surface area contributed by atoms with E-state index in [4.69, 9.17) is 9.84 Å². The van der Waals surface area contributed by atoms with Gasteiger partial charge in [0.2, 0.25) is 0 Å². The quantitative estimate of drug-likeness (QED) is 0.358. The van der Waals surface area contributed by atoms with Gasteiger partial charge in [-0.05, 0) is 51.0 Å². The number of carboxylic acid groups (broad SMARTS) is 1. The van der Waals surface area contributed by atoms with Crippen molar-refractivity contribution in [2.24, 2.45) is 0 Å². The average molecular weight is 550 g/mol. The molecule has 11 nitrogen and oxygen atoms in total. The number of thiophene rings is 1. The molecule has 3 aromatic heterocycles. The molecular weight excluding hydrogens is 517 g/mol. The van der Waals surface area contributed by atoms with Gasteiger partial charge in [-0.1, -0.05) is 25.2 Å². The van der Waals surface area contributed by atoms with Crippen LogP contribution in [0.5, 0.6) is 5.75 Å². The number of fused-ring (bicyclic) bond motifs is 1. The van der Waals surface area contributed by atoms with Crippen LogP contribution in [0.25, 0.3) is 15.2 Å². The molecule has 1 aromatic carbocycles. The fraction of sp³-hybridized carbons (Fsp3) is 0.400. The summed E-state index contributed by atoms with van der Waals surface area (Å²) in [5.74, 6) is -1.31. The van der Waals surface area contributed by atoms with E-state index in [1.165, 1.54) is 47.1 Å². The zero-order chi connectivity index (χ0) is 28.6. The van der Waals surface area contributed by atoms with Gasteiger partial charge < -0.3 is 14.9 Å². The number of hydrogen-bond acceptors (Lipinski definition) is 8. The van der Waals surface area contributed by atoms with Gasteiger partial charge in [-0.2, -0.15) is 10.2 Å². The minimum absolute atomic E-state index is 0.0704. The molecule has 0 unspecified atom stereocenters. The second-order valence-corrected chi connectivity index (χ2v) is 9.03. The number of methoxy groups -OCH3 is 1. The van der Waals surface area contributed by atoms with Crippen LogP contribution in [0.15, 0.2) is 40.2 Å². The first-order valence-corrected chi connectivity index (χ1v) is 12.7. The fourth-order valence-corrected chi connectivity index (χ4v) is 4.78. The molecule has 0 saturated carbocycles. The molecule has 0 saturated heterocycles. The Kier molecular flexibility index (Phi) is 10.9. The van der Waals surface area contributed by atoms with Crippen molar-refractivity contribution < 1.29 is 24.1 Å². The molecule has 0 atom stereocenters. The van der Waals surface area contributed by atoms with E-state index in [1.807, 2.05) is 13.8 Å². The van der Waals surface area contributed by atoms with Crippen molar-refractivity contribution in [3.05, 3.63) is 68.4 Å². The maximum Gasteiger partial charge on any atom is 0.332 e. The standard InChI is InChI=1S/C20H18FN5O5S.C3H8O.C2H6/c1-11-16-17(29)25(10-15(27)28)20(30)24(19(16)32-18(11)26-22-6-7-23-26)8-5-12-9-13(21)3-4-14(12)31-2;1-3(2)4;1-2/h3-4,6-7,9H,5,8,10H2,1-2H3,(H,27,28);3-4H,1-2H3;1-2H3. The smallest absolute Gasteiger partial charge is 0.332 e. The Hall–Kier alpha value is -3.84. The number of aliphatic hydroxyl groups excluding tert-OH is 1. The lowest BCUT2D eigenvalue weighted by Crippen LogP contribution is -2.41. The fourth-order valence-electron chi connectivity index (χ4n) is 3.54. The number of hydrogen-bond donors (Lipinski definition) is 2. The van der Waals surface area contributed by atoms with Crippen LogP contribution >= 0.6 is 11.3 Å². The van der Waals surface area contributed by atoms with E-state index < -0.39 is 29.6 Å². The predicted octanol–water partition coefficient (Wildman–Crippen LogP) is 3.00. The van der Waals surface area contributed by atoms with Gasteiger partial charge in [-0.15, -0.1) is 4.80 Å². The number of ether oxygens (including phenoxy) is 1. The summed E-state index contributed by atoms with van der Waals surface area (Å²) in [5, 5.41) is 26.2. The van der Waals surface area contributed by atoms with E-state index in [0.717, 1.165) is 11.3 Å². The number of aliphatic hydroxyl groups is 1. The minimum Gasteiger partial charge on any atom is -0.496 e. The molecule has 4 rings (SSSR count). The Morgan fingerprint density at radius 2 is 1.76 bits per heavy atom. The van der Waals surface area contributed by atoms with E-state index in [9.17, 15) is 23.9 Å². The van der Waals surface area contributed by atoms with Crippen molar-refractivity contribution in [2.45, 2.75) is 60.2 Å². The Balaban J connectivity index is 0.000000773. The number of halogens is 1. The molecule has 206 valence electrons. The number of aryl methyl sites for hydroxylation is 3. The van der Waals surface area contributed by atoms with Crippen molar-refractivity contribution in [2.75, 3.05) is 7.11 Å². The summed E-state index contributed by atoms with van der Waals surface area (Å²) >= 11 is 1.15. The largest absolute Gasteiger partial charge is 0.496 e. The van der Waals surface area contributed by atoms with Gasteiger partial charge in [0.15, 0.2) is 0 Å². The van der Waals surface area contributed by atoms with Crippen LogP contribution in [0, 0.1) is 12.7 Å². The lowest BCUT2D eigenvalue weighted by Gasteiger charge is -2.13. The van der Waals surface area contributed by atoms with Crippen LogP contribution in [0.1, 0.15) is 38.8 Å². The molecule has 0 radical (unpaired) electrons. The summed E-state index contributed by atoms with van der Waals surface area (Å²) in [7, 11) is 1.46. The summed E-state index contributed by atoms with van der Waals surface area (Å²) in [4.78, 5) is 39.2. The predicted molar refractivity (Wildman–Crippen MR) is 143 cm³/mol. The molecule has 13 heteroatoms. The molecule has 2 N–H and O–H groups in total. The monoisotopic (exact) mass is 549 g/mol. The number of carbonyl (C=O) groups is 1. The highest BCUT2D eigenvalue weighted by Crippen LogP contribution is 2.30. The number of rotatable bonds is 7. The highest BCUT2D eigenvalue weighted by Gasteiger charge is 2.22. The van der Waals surface area contributed by atoms with Crippen LogP contribution < -0.4 is 16.0 Å². The Labute approximate surface area is 222 Å². The molecule has 0 fully saturated rings. The topological polar surface area (TPSA) is 141 Å². The third kappa shape index (κ3) is 6.92. The van der Waals surface area contributed by atoms with Crippen molar-refractivity contribution in [3.63, 3.8) is 0 Å². The molecule has 4 aromatic rings. The lowest BCUT2D eigenvalue weighted by molar-refractivity contribution is -0.137. The summed E-state index contributed by atoms with van der Waals surface area (Å²) in [6.45, 7) is 8.43. The van der Waals surface area contributed by atoms with Crippen LogP contribution in [0.3, 0.4) is 0 Å². The first kappa shape index (κ1) is 30.4. The van der Waals surface area contributed by atoms with Crippen LogP contribution in [-0.4, -0.2) is 53.5 Å². The molecule has 0 spiro atoms. The maximum absolute atomic E-state index is 13.8. The second-order valence-electron chi connectivity index (χ2n) is 8.05. The molecular formula is C25H32FN5O6S. The van der Waals surface area contributed by atoms with E-state index in [-0.39, 0.29) is 24.5 Å². The Morgan fingerprint density at radius 1 is 1.16 bits per heavy atom. The first-order chi connectivity index (χ1) is 18.0. The Bertz CT molecular complexity index is 1490. The van der Waals surface area contributed by atoms with Gasteiger partial charge in [-0.3, -0.25) is 14.2 Å². The normalized spacial score (nSPS) is 10.6. The number of nitrogens with zero attached hydrogens (tertiary/aromatic N) is 5. The van der Waals surface area contributed by atoms with Crippen LogP contribution in [-0.2, 0) is 24.3 Å². The third-order valence-electron chi connectivity index (χ3n) is 5.01. The molecule has 0 aliphatic rings. The minimum atomic E-state index is -1.32. The van der Waals surface area contributed by atoms with Crippen molar-refractivity contribution in [3.8, 4) is 10.8 Å². The van der Waals surface area contributed by atoms with Gasteiger partial charge in [0.1, 0.15) is 27.9 Å². The first-order valence-electron chi connectivity index (χ1n) is 11.9. The molecule has 0 aliphatic carbocycles. The summed E-state index contributed by atoms with van der Waals surface area (Å²) in [6, 6.07) is 4.07. The number of carboxylic acids is 1. The van der Waals surface area contributed by atoms with Crippen LogP contribution in [0.2, 0.25) is 0 Å². The summed E-state index contributed by atoms with van der Waals surface area (Å²) in [5.41, 5.74) is -0.395.